The van der Waals surface area contributed by atoms with Gasteiger partial charge in [-0.15, -0.1) is 11.3 Å². The number of halogens is 1. The van der Waals surface area contributed by atoms with E-state index in [1.807, 2.05) is 6.07 Å². The van der Waals surface area contributed by atoms with E-state index in [1.54, 1.807) is 17.4 Å². The fraction of sp³-hybridized carbons (Fsp3) is 0.385. The van der Waals surface area contributed by atoms with Crippen molar-refractivity contribution in [3.05, 3.63) is 35.0 Å². The van der Waals surface area contributed by atoms with Crippen LogP contribution in [0.15, 0.2) is 24.3 Å². The summed E-state index contributed by atoms with van der Waals surface area (Å²) in [5.74, 6) is 0.469. The van der Waals surface area contributed by atoms with Crippen LogP contribution in [-0.4, -0.2) is 0 Å². The van der Waals surface area contributed by atoms with Gasteiger partial charge in [-0.1, -0.05) is 12.5 Å². The van der Waals surface area contributed by atoms with Crippen molar-refractivity contribution < 1.29 is 4.39 Å². The van der Waals surface area contributed by atoms with Gasteiger partial charge in [0.1, 0.15) is 5.82 Å². The van der Waals surface area contributed by atoms with E-state index in [9.17, 15) is 4.39 Å². The summed E-state index contributed by atoms with van der Waals surface area (Å²) in [6.45, 7) is 0. The predicted molar refractivity (Wildman–Crippen MR) is 66.1 cm³/mol. The molecule has 0 bridgehead atoms. The molecule has 2 N–H and O–H groups in total. The third kappa shape index (κ3) is 1.64. The van der Waals surface area contributed by atoms with Gasteiger partial charge in [-0.3, -0.25) is 0 Å². The van der Waals surface area contributed by atoms with Gasteiger partial charge in [0.15, 0.2) is 0 Å². The summed E-state index contributed by atoms with van der Waals surface area (Å²) in [6, 6.07) is 7.19. The Kier molecular flexibility index (Phi) is 2.45. The maximum absolute atomic E-state index is 13.1. The van der Waals surface area contributed by atoms with Crippen molar-refractivity contribution in [3.8, 4) is 0 Å². The normalized spacial score (nSPS) is 18.6. The highest BCUT2D eigenvalue weighted by Gasteiger charge is 2.26. The van der Waals surface area contributed by atoms with Crippen LogP contribution >= 0.6 is 11.3 Å². The van der Waals surface area contributed by atoms with E-state index in [-0.39, 0.29) is 11.9 Å². The molecule has 0 spiro atoms. The molecule has 0 aliphatic heterocycles. The summed E-state index contributed by atoms with van der Waals surface area (Å²) in [5.41, 5.74) is 6.22. The van der Waals surface area contributed by atoms with Gasteiger partial charge in [-0.05, 0) is 42.3 Å². The van der Waals surface area contributed by atoms with Crippen LogP contribution in [0.4, 0.5) is 4.39 Å². The number of nitrogens with two attached hydrogens (primary N) is 1. The van der Waals surface area contributed by atoms with Gasteiger partial charge in [0.2, 0.25) is 0 Å². The zero-order valence-corrected chi connectivity index (χ0v) is 9.77. The van der Waals surface area contributed by atoms with E-state index in [4.69, 9.17) is 5.73 Å². The van der Waals surface area contributed by atoms with Gasteiger partial charge in [0.25, 0.3) is 0 Å². The molecular formula is C13H14FNS. The van der Waals surface area contributed by atoms with Crippen molar-refractivity contribution >= 4 is 21.4 Å². The summed E-state index contributed by atoms with van der Waals surface area (Å²) in [5, 5.41) is 1.11. The van der Waals surface area contributed by atoms with E-state index >= 15 is 0 Å². The SMILES string of the molecule is NC(c1cc2ccc(F)cc2s1)C1CCC1. The zero-order chi connectivity index (χ0) is 11.1. The molecule has 16 heavy (non-hydrogen) atoms. The number of hydrogen-bond donors (Lipinski definition) is 1. The van der Waals surface area contributed by atoms with E-state index < -0.39 is 0 Å². The number of rotatable bonds is 2. The first-order chi connectivity index (χ1) is 7.74. The summed E-state index contributed by atoms with van der Waals surface area (Å²) in [4.78, 5) is 1.20. The molecule has 1 nitrogen and oxygen atoms in total. The summed E-state index contributed by atoms with van der Waals surface area (Å²) in [7, 11) is 0. The van der Waals surface area contributed by atoms with Crippen molar-refractivity contribution in [2.24, 2.45) is 11.7 Å². The van der Waals surface area contributed by atoms with Crippen LogP contribution in [0.3, 0.4) is 0 Å². The first-order valence-electron chi connectivity index (χ1n) is 5.68. The van der Waals surface area contributed by atoms with E-state index in [2.05, 4.69) is 6.07 Å². The fourth-order valence-corrected chi connectivity index (χ4v) is 3.41. The molecule has 1 aromatic carbocycles. The third-order valence-electron chi connectivity index (χ3n) is 3.49. The minimum atomic E-state index is -0.168. The average molecular weight is 235 g/mol. The molecule has 3 heteroatoms. The molecule has 84 valence electrons. The highest BCUT2D eigenvalue weighted by molar-refractivity contribution is 7.19. The van der Waals surface area contributed by atoms with Crippen LogP contribution in [0.5, 0.6) is 0 Å². The van der Waals surface area contributed by atoms with Crippen molar-refractivity contribution in [2.45, 2.75) is 25.3 Å². The number of fused-ring (bicyclic) bond motifs is 1. The predicted octanol–water partition coefficient (Wildman–Crippen LogP) is 3.84. The van der Waals surface area contributed by atoms with E-state index in [0.717, 1.165) is 10.1 Å². The Morgan fingerprint density at radius 1 is 1.31 bits per heavy atom. The monoisotopic (exact) mass is 235 g/mol. The lowest BCUT2D eigenvalue weighted by molar-refractivity contribution is 0.267. The molecule has 0 radical (unpaired) electrons. The zero-order valence-electron chi connectivity index (χ0n) is 8.95. The summed E-state index contributed by atoms with van der Waals surface area (Å²) in [6.07, 6.45) is 3.78. The number of hydrogen-bond acceptors (Lipinski definition) is 2. The highest BCUT2D eigenvalue weighted by atomic mass is 32.1. The minimum Gasteiger partial charge on any atom is -0.323 e. The molecule has 1 unspecified atom stereocenters. The third-order valence-corrected chi connectivity index (χ3v) is 4.69. The molecule has 3 rings (SSSR count). The Labute approximate surface area is 98.1 Å². The molecule has 1 atom stereocenters. The molecule has 0 saturated heterocycles. The molecule has 1 aliphatic carbocycles. The lowest BCUT2D eigenvalue weighted by atomic mass is 9.79. The van der Waals surface area contributed by atoms with Crippen molar-refractivity contribution in [2.75, 3.05) is 0 Å². The summed E-state index contributed by atoms with van der Waals surface area (Å²) >= 11 is 1.63. The smallest absolute Gasteiger partial charge is 0.124 e. The quantitative estimate of drug-likeness (QED) is 0.841. The van der Waals surface area contributed by atoms with Crippen LogP contribution in [0.2, 0.25) is 0 Å². The first-order valence-corrected chi connectivity index (χ1v) is 6.50. The molecule has 2 aromatic rings. The molecule has 1 saturated carbocycles. The Morgan fingerprint density at radius 3 is 2.81 bits per heavy atom. The Balaban J connectivity index is 1.97. The van der Waals surface area contributed by atoms with Gasteiger partial charge in [0, 0.05) is 15.6 Å². The van der Waals surface area contributed by atoms with Crippen LogP contribution in [0.1, 0.15) is 30.2 Å². The van der Waals surface area contributed by atoms with Gasteiger partial charge in [-0.2, -0.15) is 0 Å². The summed E-state index contributed by atoms with van der Waals surface area (Å²) < 4.78 is 14.1. The van der Waals surface area contributed by atoms with Crippen molar-refractivity contribution in [3.63, 3.8) is 0 Å². The molecule has 1 aromatic heterocycles. The lowest BCUT2D eigenvalue weighted by Gasteiger charge is -2.30. The first kappa shape index (κ1) is 10.2. The van der Waals surface area contributed by atoms with Crippen molar-refractivity contribution in [1.29, 1.82) is 0 Å². The number of benzene rings is 1. The maximum atomic E-state index is 13.1. The van der Waals surface area contributed by atoms with Gasteiger partial charge < -0.3 is 5.73 Å². The Morgan fingerprint density at radius 2 is 2.12 bits per heavy atom. The number of thiophene rings is 1. The molecule has 0 amide bonds. The lowest BCUT2D eigenvalue weighted by Crippen LogP contribution is -2.25. The van der Waals surface area contributed by atoms with Crippen molar-refractivity contribution in [1.82, 2.24) is 0 Å². The molecule has 1 heterocycles. The van der Waals surface area contributed by atoms with Crippen LogP contribution in [0, 0.1) is 11.7 Å². The van der Waals surface area contributed by atoms with E-state index in [1.165, 1.54) is 30.2 Å². The topological polar surface area (TPSA) is 26.0 Å². The van der Waals surface area contributed by atoms with E-state index in [0.29, 0.717) is 5.92 Å². The maximum Gasteiger partial charge on any atom is 0.124 e. The van der Waals surface area contributed by atoms with Crippen LogP contribution < -0.4 is 5.73 Å². The second-order valence-corrected chi connectivity index (χ2v) is 5.66. The second kappa shape index (κ2) is 3.82. The molecule has 1 aliphatic rings. The fourth-order valence-electron chi connectivity index (χ4n) is 2.22. The second-order valence-electron chi connectivity index (χ2n) is 4.55. The van der Waals surface area contributed by atoms with Crippen LogP contribution in [-0.2, 0) is 0 Å². The Hall–Kier alpha value is -0.930. The largest absolute Gasteiger partial charge is 0.323 e. The minimum absolute atomic E-state index is 0.147. The molecular weight excluding hydrogens is 221 g/mol. The Bertz CT molecular complexity index is 516. The average Bonchev–Trinajstić information content (AvgIpc) is 2.57. The van der Waals surface area contributed by atoms with Gasteiger partial charge in [-0.25, -0.2) is 4.39 Å². The highest BCUT2D eigenvalue weighted by Crippen LogP contribution is 2.40. The standard InChI is InChI=1S/C13H14FNS/c14-10-5-4-9-6-12(16-11(9)7-10)13(15)8-2-1-3-8/h4-8,13H,1-3,15H2. The van der Waals surface area contributed by atoms with Crippen LogP contribution in [0.25, 0.3) is 10.1 Å². The van der Waals surface area contributed by atoms with Gasteiger partial charge in [0.05, 0.1) is 0 Å². The van der Waals surface area contributed by atoms with Gasteiger partial charge >= 0.3 is 0 Å². The molecule has 1 fully saturated rings.